The second kappa shape index (κ2) is 18.9. The smallest absolute Gasteiger partial charge is 0.323 e. The Bertz CT molecular complexity index is 684. The minimum absolute atomic E-state index is 0.145. The number of carbonyl (C=O) groups excluding carboxylic acids is 2. The Kier molecular flexibility index (Phi) is 17.1. The van der Waals surface area contributed by atoms with Gasteiger partial charge in [-0.25, -0.2) is 0 Å². The number of unbranched alkanes of at least 4 members (excludes halogenated alkanes) is 12. The van der Waals surface area contributed by atoms with E-state index in [1.54, 1.807) is 0 Å². The number of halogens is 1. The predicted molar refractivity (Wildman–Crippen MR) is 144 cm³/mol. The van der Waals surface area contributed by atoms with Gasteiger partial charge in [0.15, 0.2) is 5.41 Å². The van der Waals surface area contributed by atoms with Crippen molar-refractivity contribution in [1.29, 1.82) is 0 Å². The van der Waals surface area contributed by atoms with Crippen LogP contribution in [0.2, 0.25) is 0 Å². The number of benzene rings is 1. The van der Waals surface area contributed by atoms with E-state index in [9.17, 15) is 9.59 Å². The van der Waals surface area contributed by atoms with Crippen LogP contribution in [-0.2, 0) is 25.7 Å². The van der Waals surface area contributed by atoms with E-state index in [4.69, 9.17) is 9.47 Å². The standard InChI is InChI=1S/C29H47BrO4/c1-4-7-8-9-10-11-12-13-14-15-16-17-18-22-33-27(31)29(5-2,6-3)28(32)34-24-25-20-19-21-26(30)23-25/h19-21,23H,4-18,22,24H2,1-3H3. The first-order chi connectivity index (χ1) is 16.5. The molecule has 34 heavy (non-hydrogen) atoms. The molecular formula is C29H47BrO4. The zero-order valence-electron chi connectivity index (χ0n) is 21.8. The highest BCUT2D eigenvalue weighted by atomic mass is 79.9. The van der Waals surface area contributed by atoms with Crippen LogP contribution in [0.3, 0.4) is 0 Å². The summed E-state index contributed by atoms with van der Waals surface area (Å²) in [5, 5.41) is 0. The number of carbonyl (C=O) groups is 2. The quantitative estimate of drug-likeness (QED) is 0.0943. The molecule has 0 N–H and O–H groups in total. The summed E-state index contributed by atoms with van der Waals surface area (Å²) in [6.07, 6.45) is 17.3. The fraction of sp³-hybridized carbons (Fsp3) is 0.724. The number of hydrogen-bond acceptors (Lipinski definition) is 4. The number of esters is 2. The third kappa shape index (κ3) is 11.9. The first kappa shape index (κ1) is 30.7. The van der Waals surface area contributed by atoms with Gasteiger partial charge in [0.05, 0.1) is 6.61 Å². The molecule has 1 aromatic carbocycles. The summed E-state index contributed by atoms with van der Waals surface area (Å²) in [6, 6.07) is 7.61. The molecular weight excluding hydrogens is 492 g/mol. The third-order valence-electron chi connectivity index (χ3n) is 6.73. The molecule has 0 aliphatic rings. The highest BCUT2D eigenvalue weighted by molar-refractivity contribution is 9.10. The average molecular weight is 540 g/mol. The molecule has 0 radical (unpaired) electrons. The first-order valence-electron chi connectivity index (χ1n) is 13.6. The average Bonchev–Trinajstić information content (AvgIpc) is 2.84. The van der Waals surface area contributed by atoms with Crippen LogP contribution in [0.15, 0.2) is 28.7 Å². The molecule has 0 aromatic heterocycles. The molecule has 0 bridgehead atoms. The Labute approximate surface area is 216 Å². The van der Waals surface area contributed by atoms with Crippen molar-refractivity contribution in [3.05, 3.63) is 34.3 Å². The molecule has 5 heteroatoms. The SMILES string of the molecule is CCCCCCCCCCCCCCCOC(=O)C(CC)(CC)C(=O)OCc1cccc(Br)c1. The van der Waals surface area contributed by atoms with E-state index in [2.05, 4.69) is 22.9 Å². The Hall–Kier alpha value is -1.36. The van der Waals surface area contributed by atoms with Gasteiger partial charge in [0, 0.05) is 4.47 Å². The highest BCUT2D eigenvalue weighted by Crippen LogP contribution is 2.31. The van der Waals surface area contributed by atoms with Crippen molar-refractivity contribution in [2.45, 2.75) is 124 Å². The monoisotopic (exact) mass is 538 g/mol. The van der Waals surface area contributed by atoms with Gasteiger partial charge in [-0.2, -0.15) is 0 Å². The van der Waals surface area contributed by atoms with Crippen LogP contribution in [0.5, 0.6) is 0 Å². The molecule has 1 rings (SSSR count). The second-order valence-electron chi connectivity index (χ2n) is 9.37. The molecule has 0 heterocycles. The Morgan fingerprint density at radius 3 is 1.74 bits per heavy atom. The molecule has 0 amide bonds. The summed E-state index contributed by atoms with van der Waals surface area (Å²) >= 11 is 3.42. The highest BCUT2D eigenvalue weighted by Gasteiger charge is 2.45. The van der Waals surface area contributed by atoms with E-state index in [0.717, 1.165) is 22.9 Å². The van der Waals surface area contributed by atoms with Crippen molar-refractivity contribution in [3.63, 3.8) is 0 Å². The van der Waals surface area contributed by atoms with Crippen LogP contribution in [0.1, 0.15) is 123 Å². The molecule has 0 saturated carbocycles. The lowest BCUT2D eigenvalue weighted by Gasteiger charge is -2.27. The molecule has 0 aliphatic carbocycles. The van der Waals surface area contributed by atoms with Crippen LogP contribution < -0.4 is 0 Å². The second-order valence-corrected chi connectivity index (χ2v) is 10.3. The van der Waals surface area contributed by atoms with E-state index in [1.165, 1.54) is 70.6 Å². The van der Waals surface area contributed by atoms with Gasteiger partial charge in [0.2, 0.25) is 0 Å². The summed E-state index contributed by atoms with van der Waals surface area (Å²) in [4.78, 5) is 25.7. The van der Waals surface area contributed by atoms with E-state index >= 15 is 0 Å². The van der Waals surface area contributed by atoms with Gasteiger partial charge >= 0.3 is 11.9 Å². The number of hydrogen-bond donors (Lipinski definition) is 0. The van der Waals surface area contributed by atoms with Crippen LogP contribution in [0.4, 0.5) is 0 Å². The summed E-state index contributed by atoms with van der Waals surface area (Å²) in [5.74, 6) is -0.941. The molecule has 0 unspecified atom stereocenters. The summed E-state index contributed by atoms with van der Waals surface area (Å²) in [5.41, 5.74) is -0.341. The van der Waals surface area contributed by atoms with Crippen LogP contribution >= 0.6 is 15.9 Å². The molecule has 4 nitrogen and oxygen atoms in total. The normalized spacial score (nSPS) is 11.4. The lowest BCUT2D eigenvalue weighted by Crippen LogP contribution is -2.41. The Balaban J connectivity index is 2.21. The molecule has 194 valence electrons. The van der Waals surface area contributed by atoms with E-state index in [-0.39, 0.29) is 6.61 Å². The Morgan fingerprint density at radius 1 is 0.735 bits per heavy atom. The van der Waals surface area contributed by atoms with Crippen molar-refractivity contribution in [3.8, 4) is 0 Å². The first-order valence-corrected chi connectivity index (χ1v) is 14.4. The minimum atomic E-state index is -1.22. The lowest BCUT2D eigenvalue weighted by molar-refractivity contribution is -0.174. The van der Waals surface area contributed by atoms with Crippen molar-refractivity contribution < 1.29 is 19.1 Å². The van der Waals surface area contributed by atoms with Gasteiger partial charge in [-0.3, -0.25) is 9.59 Å². The van der Waals surface area contributed by atoms with Crippen molar-refractivity contribution >= 4 is 27.9 Å². The topological polar surface area (TPSA) is 52.6 Å². The van der Waals surface area contributed by atoms with E-state index < -0.39 is 17.4 Å². The summed E-state index contributed by atoms with van der Waals surface area (Å²) < 4.78 is 12.0. The fourth-order valence-electron chi connectivity index (χ4n) is 4.25. The van der Waals surface area contributed by atoms with Crippen molar-refractivity contribution in [2.24, 2.45) is 5.41 Å². The van der Waals surface area contributed by atoms with Crippen molar-refractivity contribution in [2.75, 3.05) is 6.61 Å². The maximum Gasteiger partial charge on any atom is 0.323 e. The third-order valence-corrected chi connectivity index (χ3v) is 7.22. The zero-order valence-corrected chi connectivity index (χ0v) is 23.4. The van der Waals surface area contributed by atoms with Crippen LogP contribution in [0, 0.1) is 5.41 Å². The molecule has 0 aliphatic heterocycles. The Morgan fingerprint density at radius 2 is 1.24 bits per heavy atom. The maximum atomic E-state index is 12.8. The summed E-state index contributed by atoms with van der Waals surface area (Å²) in [7, 11) is 0. The van der Waals surface area contributed by atoms with Gasteiger partial charge in [0.1, 0.15) is 6.61 Å². The summed E-state index contributed by atoms with van der Waals surface area (Å²) in [6.45, 7) is 6.47. The largest absolute Gasteiger partial charge is 0.465 e. The molecule has 0 atom stereocenters. The van der Waals surface area contributed by atoms with Crippen LogP contribution in [0.25, 0.3) is 0 Å². The van der Waals surface area contributed by atoms with Gasteiger partial charge < -0.3 is 9.47 Å². The van der Waals surface area contributed by atoms with E-state index in [0.29, 0.717) is 19.4 Å². The van der Waals surface area contributed by atoms with Gasteiger partial charge in [-0.1, -0.05) is 126 Å². The molecule has 1 aromatic rings. The van der Waals surface area contributed by atoms with E-state index in [1.807, 2.05) is 38.1 Å². The molecule has 0 spiro atoms. The minimum Gasteiger partial charge on any atom is -0.465 e. The van der Waals surface area contributed by atoms with Crippen LogP contribution in [-0.4, -0.2) is 18.5 Å². The zero-order chi connectivity index (χ0) is 25.1. The van der Waals surface area contributed by atoms with Gasteiger partial charge in [-0.05, 0) is 37.0 Å². The number of rotatable bonds is 20. The molecule has 0 saturated heterocycles. The fourth-order valence-corrected chi connectivity index (χ4v) is 4.69. The number of ether oxygens (including phenoxy) is 2. The van der Waals surface area contributed by atoms with Gasteiger partial charge in [0.25, 0.3) is 0 Å². The lowest BCUT2D eigenvalue weighted by atomic mass is 9.82. The van der Waals surface area contributed by atoms with Crippen molar-refractivity contribution in [1.82, 2.24) is 0 Å². The maximum absolute atomic E-state index is 12.8. The molecule has 0 fully saturated rings. The predicted octanol–water partition coefficient (Wildman–Crippen LogP) is 8.93. The van der Waals surface area contributed by atoms with Gasteiger partial charge in [-0.15, -0.1) is 0 Å².